The van der Waals surface area contributed by atoms with E-state index in [0.29, 0.717) is 12.8 Å². The Morgan fingerprint density at radius 2 is 1.88 bits per heavy atom. The zero-order chi connectivity index (χ0) is 12.9. The van der Waals surface area contributed by atoms with E-state index in [1.807, 2.05) is 6.92 Å². The molecule has 1 aromatic rings. The summed E-state index contributed by atoms with van der Waals surface area (Å²) in [5, 5.41) is 9.02. The minimum absolute atomic E-state index is 0.0983. The number of hydrogen-bond donors (Lipinski definition) is 1. The molecule has 17 heavy (non-hydrogen) atoms. The molecule has 96 valence electrons. The van der Waals surface area contributed by atoms with E-state index in [0.717, 1.165) is 5.56 Å². The van der Waals surface area contributed by atoms with Crippen LogP contribution in [0.4, 0.5) is 0 Å². The summed E-state index contributed by atoms with van der Waals surface area (Å²) in [4.78, 5) is 0.167. The summed E-state index contributed by atoms with van der Waals surface area (Å²) in [5.74, 6) is 0. The van der Waals surface area contributed by atoms with Gasteiger partial charge in [0.1, 0.15) is 0 Å². The van der Waals surface area contributed by atoms with Crippen LogP contribution in [0.5, 0.6) is 0 Å². The molecule has 1 unspecified atom stereocenters. The molecule has 0 saturated carbocycles. The number of benzene rings is 1. The second-order valence-electron chi connectivity index (χ2n) is 4.08. The minimum Gasteiger partial charge on any atom is -0.393 e. The fourth-order valence-electron chi connectivity index (χ4n) is 1.32. The summed E-state index contributed by atoms with van der Waals surface area (Å²) in [6.07, 6.45) is 0.618. The monoisotopic (exact) mass is 258 g/mol. The molecule has 0 aliphatic carbocycles. The van der Waals surface area contributed by atoms with Crippen molar-refractivity contribution in [2.75, 3.05) is 6.61 Å². The molecule has 1 aromatic carbocycles. The predicted molar refractivity (Wildman–Crippen MR) is 65.2 cm³/mol. The third kappa shape index (κ3) is 4.85. The highest BCUT2D eigenvalue weighted by Gasteiger charge is 2.14. The quantitative estimate of drug-likeness (QED) is 0.625. The minimum atomic E-state index is -3.66. The Morgan fingerprint density at radius 3 is 2.41 bits per heavy atom. The van der Waals surface area contributed by atoms with Crippen LogP contribution in [0.2, 0.25) is 0 Å². The zero-order valence-corrected chi connectivity index (χ0v) is 10.9. The second-order valence-corrected chi connectivity index (χ2v) is 5.70. The normalized spacial score (nSPS) is 13.6. The molecular formula is C12H18O4S. The lowest BCUT2D eigenvalue weighted by molar-refractivity contribution is 0.171. The van der Waals surface area contributed by atoms with E-state index in [9.17, 15) is 8.42 Å². The van der Waals surface area contributed by atoms with Crippen LogP contribution in [0, 0.1) is 6.92 Å². The van der Waals surface area contributed by atoms with Crippen molar-refractivity contribution in [2.45, 2.75) is 37.7 Å². The Labute approximate surface area is 102 Å². The van der Waals surface area contributed by atoms with E-state index in [2.05, 4.69) is 0 Å². The fraction of sp³-hybridized carbons (Fsp3) is 0.500. The van der Waals surface area contributed by atoms with Gasteiger partial charge in [-0.1, -0.05) is 17.7 Å². The largest absolute Gasteiger partial charge is 0.393 e. The number of rotatable bonds is 6. The fourth-order valence-corrected chi connectivity index (χ4v) is 2.26. The van der Waals surface area contributed by atoms with Crippen molar-refractivity contribution in [3.63, 3.8) is 0 Å². The summed E-state index contributed by atoms with van der Waals surface area (Å²) in [5.41, 5.74) is 0.998. The second kappa shape index (κ2) is 6.14. The van der Waals surface area contributed by atoms with Crippen molar-refractivity contribution < 1.29 is 17.7 Å². The first kappa shape index (κ1) is 14.2. The molecule has 5 heteroatoms. The summed E-state index contributed by atoms with van der Waals surface area (Å²) in [7, 11) is -3.66. The number of aryl methyl sites for hydroxylation is 1. The van der Waals surface area contributed by atoms with Gasteiger partial charge in [-0.2, -0.15) is 8.42 Å². The van der Waals surface area contributed by atoms with Crippen LogP contribution in [-0.4, -0.2) is 26.2 Å². The van der Waals surface area contributed by atoms with E-state index in [-0.39, 0.29) is 11.5 Å². The van der Waals surface area contributed by atoms with Crippen LogP contribution >= 0.6 is 0 Å². The first-order chi connectivity index (χ1) is 7.92. The summed E-state index contributed by atoms with van der Waals surface area (Å²) in [6, 6.07) is 6.51. The van der Waals surface area contributed by atoms with Gasteiger partial charge in [0, 0.05) is 0 Å². The summed E-state index contributed by atoms with van der Waals surface area (Å²) >= 11 is 0. The highest BCUT2D eigenvalue weighted by atomic mass is 32.2. The average Bonchev–Trinajstić information content (AvgIpc) is 2.25. The Bertz CT molecular complexity index is 434. The Morgan fingerprint density at radius 1 is 1.29 bits per heavy atom. The SMILES string of the molecule is Cc1ccc(S(=O)(=O)OCCCC(C)O)cc1. The third-order valence-corrected chi connectivity index (χ3v) is 3.64. The van der Waals surface area contributed by atoms with Crippen molar-refractivity contribution in [2.24, 2.45) is 0 Å². The van der Waals surface area contributed by atoms with Gasteiger partial charge in [-0.15, -0.1) is 0 Å². The standard InChI is InChI=1S/C12H18O4S/c1-10-5-7-12(8-6-10)17(14,15)16-9-3-4-11(2)13/h5-8,11,13H,3-4,9H2,1-2H3. The van der Waals surface area contributed by atoms with Crippen molar-refractivity contribution in [1.29, 1.82) is 0 Å². The van der Waals surface area contributed by atoms with Gasteiger partial charge in [0.05, 0.1) is 17.6 Å². The van der Waals surface area contributed by atoms with Gasteiger partial charge in [0.25, 0.3) is 10.1 Å². The lowest BCUT2D eigenvalue weighted by Gasteiger charge is -2.06. The number of hydrogen-bond acceptors (Lipinski definition) is 4. The molecule has 0 aliphatic rings. The van der Waals surface area contributed by atoms with E-state index >= 15 is 0 Å². The average molecular weight is 258 g/mol. The molecule has 0 fully saturated rings. The van der Waals surface area contributed by atoms with Crippen LogP contribution in [-0.2, 0) is 14.3 Å². The van der Waals surface area contributed by atoms with E-state index in [4.69, 9.17) is 9.29 Å². The van der Waals surface area contributed by atoms with E-state index in [1.54, 1.807) is 19.1 Å². The first-order valence-electron chi connectivity index (χ1n) is 5.56. The molecule has 0 aliphatic heterocycles. The van der Waals surface area contributed by atoms with Crippen LogP contribution in [0.1, 0.15) is 25.3 Å². The smallest absolute Gasteiger partial charge is 0.296 e. The van der Waals surface area contributed by atoms with Gasteiger partial charge in [-0.05, 0) is 38.8 Å². The van der Waals surface area contributed by atoms with Crippen LogP contribution in [0.25, 0.3) is 0 Å². The molecule has 0 amide bonds. The van der Waals surface area contributed by atoms with Crippen molar-refractivity contribution in [3.05, 3.63) is 29.8 Å². The molecular weight excluding hydrogens is 240 g/mol. The van der Waals surface area contributed by atoms with Gasteiger partial charge >= 0.3 is 0 Å². The predicted octanol–water partition coefficient (Wildman–Crippen LogP) is 1.86. The molecule has 0 bridgehead atoms. The van der Waals surface area contributed by atoms with E-state index < -0.39 is 16.2 Å². The highest BCUT2D eigenvalue weighted by molar-refractivity contribution is 7.86. The highest BCUT2D eigenvalue weighted by Crippen LogP contribution is 2.13. The van der Waals surface area contributed by atoms with Crippen LogP contribution in [0.15, 0.2) is 29.2 Å². The summed E-state index contributed by atoms with van der Waals surface area (Å²) in [6.45, 7) is 3.65. The maximum absolute atomic E-state index is 11.7. The van der Waals surface area contributed by atoms with E-state index in [1.165, 1.54) is 12.1 Å². The zero-order valence-electron chi connectivity index (χ0n) is 10.1. The molecule has 0 radical (unpaired) electrons. The Kier molecular flexibility index (Phi) is 5.11. The third-order valence-electron chi connectivity index (χ3n) is 2.31. The van der Waals surface area contributed by atoms with Gasteiger partial charge in [-0.3, -0.25) is 4.18 Å². The Balaban J connectivity index is 2.54. The topological polar surface area (TPSA) is 63.6 Å². The maximum Gasteiger partial charge on any atom is 0.296 e. The van der Waals surface area contributed by atoms with Gasteiger partial charge < -0.3 is 5.11 Å². The summed E-state index contributed by atoms with van der Waals surface area (Å²) < 4.78 is 28.3. The van der Waals surface area contributed by atoms with Crippen molar-refractivity contribution in [1.82, 2.24) is 0 Å². The molecule has 1 atom stereocenters. The van der Waals surface area contributed by atoms with Crippen LogP contribution < -0.4 is 0 Å². The molecule has 0 aromatic heterocycles. The number of aliphatic hydroxyl groups is 1. The number of aliphatic hydroxyl groups excluding tert-OH is 1. The van der Waals surface area contributed by atoms with Crippen LogP contribution in [0.3, 0.4) is 0 Å². The molecule has 0 saturated heterocycles. The molecule has 1 rings (SSSR count). The Hall–Kier alpha value is -0.910. The lowest BCUT2D eigenvalue weighted by atomic mass is 10.2. The van der Waals surface area contributed by atoms with Gasteiger partial charge in [-0.25, -0.2) is 0 Å². The molecule has 1 N–H and O–H groups in total. The van der Waals surface area contributed by atoms with Gasteiger partial charge in [0.15, 0.2) is 0 Å². The first-order valence-corrected chi connectivity index (χ1v) is 6.97. The van der Waals surface area contributed by atoms with Gasteiger partial charge in [0.2, 0.25) is 0 Å². The molecule has 0 heterocycles. The molecule has 0 spiro atoms. The lowest BCUT2D eigenvalue weighted by Crippen LogP contribution is -2.09. The maximum atomic E-state index is 11.7. The van der Waals surface area contributed by atoms with Crippen molar-refractivity contribution >= 4 is 10.1 Å². The van der Waals surface area contributed by atoms with Crippen molar-refractivity contribution in [3.8, 4) is 0 Å². The molecule has 4 nitrogen and oxygen atoms in total.